The predicted octanol–water partition coefficient (Wildman–Crippen LogP) is 4.02. The molecule has 7 heteroatoms. The number of hydrazone groups is 1. The van der Waals surface area contributed by atoms with Crippen LogP contribution >= 0.6 is 0 Å². The lowest BCUT2D eigenvalue weighted by atomic mass is 10.0. The highest BCUT2D eigenvalue weighted by atomic mass is 16.5. The van der Waals surface area contributed by atoms with Crippen molar-refractivity contribution in [2.24, 2.45) is 5.10 Å². The molecule has 148 valence electrons. The Bertz CT molecular complexity index is 1100. The van der Waals surface area contributed by atoms with Crippen LogP contribution in [0.3, 0.4) is 0 Å². The summed E-state index contributed by atoms with van der Waals surface area (Å²) in [4.78, 5) is 4.40. The van der Waals surface area contributed by atoms with Gasteiger partial charge in [0.25, 0.3) is 0 Å². The number of anilines is 1. The van der Waals surface area contributed by atoms with Crippen molar-refractivity contribution in [2.45, 2.75) is 13.5 Å². The summed E-state index contributed by atoms with van der Waals surface area (Å²) in [5.41, 5.74) is 5.61. The SMILES string of the molecule is COCc1cc(C)nc(N/N=C/c2c(OC)ccc3ccc(OC)cc23)c1C#N. The zero-order valence-electron chi connectivity index (χ0n) is 16.8. The second-order valence-corrected chi connectivity index (χ2v) is 6.33. The van der Waals surface area contributed by atoms with Crippen LogP contribution in [0.15, 0.2) is 41.5 Å². The first-order valence-electron chi connectivity index (χ1n) is 8.94. The van der Waals surface area contributed by atoms with Gasteiger partial charge in [-0.3, -0.25) is 5.43 Å². The van der Waals surface area contributed by atoms with Gasteiger partial charge in [-0.25, -0.2) is 4.98 Å². The summed E-state index contributed by atoms with van der Waals surface area (Å²) in [5, 5.41) is 15.8. The number of nitrogens with zero attached hydrogens (tertiary/aromatic N) is 3. The Hall–Kier alpha value is -3.63. The van der Waals surface area contributed by atoms with Crippen LogP contribution in [0.25, 0.3) is 10.8 Å². The number of ether oxygens (including phenoxy) is 3. The highest BCUT2D eigenvalue weighted by Crippen LogP contribution is 2.29. The molecule has 3 aromatic rings. The maximum Gasteiger partial charge on any atom is 0.164 e. The van der Waals surface area contributed by atoms with E-state index < -0.39 is 0 Å². The Morgan fingerprint density at radius 1 is 1.14 bits per heavy atom. The zero-order chi connectivity index (χ0) is 20.8. The van der Waals surface area contributed by atoms with E-state index in [0.717, 1.165) is 33.3 Å². The summed E-state index contributed by atoms with van der Waals surface area (Å²) in [6.45, 7) is 2.18. The number of nitriles is 1. The van der Waals surface area contributed by atoms with Gasteiger partial charge in [0.15, 0.2) is 5.82 Å². The summed E-state index contributed by atoms with van der Waals surface area (Å²) in [6, 6.07) is 13.7. The molecule has 0 aliphatic rings. The molecule has 0 unspecified atom stereocenters. The minimum absolute atomic E-state index is 0.321. The van der Waals surface area contributed by atoms with Crippen molar-refractivity contribution in [3.05, 3.63) is 58.8 Å². The number of aryl methyl sites for hydroxylation is 1. The largest absolute Gasteiger partial charge is 0.497 e. The molecule has 1 N–H and O–H groups in total. The lowest BCUT2D eigenvalue weighted by Gasteiger charge is -2.11. The lowest BCUT2D eigenvalue weighted by Crippen LogP contribution is -2.04. The molecule has 0 fully saturated rings. The van der Waals surface area contributed by atoms with E-state index in [-0.39, 0.29) is 0 Å². The van der Waals surface area contributed by atoms with Crippen LogP contribution in [0.1, 0.15) is 22.4 Å². The van der Waals surface area contributed by atoms with Crippen molar-refractivity contribution in [1.82, 2.24) is 4.98 Å². The van der Waals surface area contributed by atoms with E-state index >= 15 is 0 Å². The third-order valence-electron chi connectivity index (χ3n) is 4.46. The van der Waals surface area contributed by atoms with Crippen molar-refractivity contribution < 1.29 is 14.2 Å². The Labute approximate surface area is 169 Å². The number of benzene rings is 2. The molecule has 0 saturated heterocycles. The average molecular weight is 390 g/mol. The first kappa shape index (κ1) is 20.1. The molecule has 0 saturated carbocycles. The molecular weight excluding hydrogens is 368 g/mol. The number of methoxy groups -OCH3 is 3. The number of aromatic nitrogens is 1. The van der Waals surface area contributed by atoms with E-state index in [1.54, 1.807) is 27.5 Å². The van der Waals surface area contributed by atoms with Gasteiger partial charge in [-0.1, -0.05) is 12.1 Å². The van der Waals surface area contributed by atoms with Crippen molar-refractivity contribution >= 4 is 22.8 Å². The summed E-state index contributed by atoms with van der Waals surface area (Å²) in [6.07, 6.45) is 1.65. The topological polar surface area (TPSA) is 88.8 Å². The second-order valence-electron chi connectivity index (χ2n) is 6.33. The van der Waals surface area contributed by atoms with Crippen LogP contribution in [0.5, 0.6) is 11.5 Å². The fourth-order valence-corrected chi connectivity index (χ4v) is 3.11. The van der Waals surface area contributed by atoms with Crippen LogP contribution in [-0.4, -0.2) is 32.5 Å². The van der Waals surface area contributed by atoms with E-state index in [9.17, 15) is 5.26 Å². The number of fused-ring (bicyclic) bond motifs is 1. The van der Waals surface area contributed by atoms with Gasteiger partial charge in [0.1, 0.15) is 23.1 Å². The lowest BCUT2D eigenvalue weighted by molar-refractivity contribution is 0.184. The number of nitrogens with one attached hydrogen (secondary N) is 1. The molecule has 0 atom stereocenters. The van der Waals surface area contributed by atoms with Gasteiger partial charge in [-0.15, -0.1) is 0 Å². The van der Waals surface area contributed by atoms with Crippen molar-refractivity contribution in [1.29, 1.82) is 5.26 Å². The smallest absolute Gasteiger partial charge is 0.164 e. The molecule has 1 heterocycles. The summed E-state index contributed by atoms with van der Waals surface area (Å²) in [7, 11) is 4.82. The van der Waals surface area contributed by atoms with Crippen LogP contribution in [0, 0.1) is 18.3 Å². The number of hydrogen-bond acceptors (Lipinski definition) is 7. The highest BCUT2D eigenvalue weighted by molar-refractivity contribution is 6.03. The van der Waals surface area contributed by atoms with Crippen LogP contribution in [0.2, 0.25) is 0 Å². The molecule has 29 heavy (non-hydrogen) atoms. The molecule has 0 bridgehead atoms. The van der Waals surface area contributed by atoms with Crippen LogP contribution < -0.4 is 14.9 Å². The maximum atomic E-state index is 9.54. The summed E-state index contributed by atoms with van der Waals surface area (Å²) < 4.78 is 16.0. The first-order chi connectivity index (χ1) is 14.1. The molecule has 3 rings (SSSR count). The third-order valence-corrected chi connectivity index (χ3v) is 4.46. The number of rotatable bonds is 7. The molecule has 0 radical (unpaired) electrons. The van der Waals surface area contributed by atoms with E-state index in [0.29, 0.717) is 23.7 Å². The van der Waals surface area contributed by atoms with Gasteiger partial charge in [0.2, 0.25) is 0 Å². The van der Waals surface area contributed by atoms with Crippen LogP contribution in [-0.2, 0) is 11.3 Å². The van der Waals surface area contributed by atoms with Gasteiger partial charge >= 0.3 is 0 Å². The minimum Gasteiger partial charge on any atom is -0.497 e. The van der Waals surface area contributed by atoms with Crippen molar-refractivity contribution in [3.63, 3.8) is 0 Å². The molecule has 2 aromatic carbocycles. The minimum atomic E-state index is 0.321. The molecular formula is C22H22N4O3. The summed E-state index contributed by atoms with van der Waals surface area (Å²) in [5.74, 6) is 1.80. The van der Waals surface area contributed by atoms with Crippen molar-refractivity contribution in [2.75, 3.05) is 26.8 Å². The molecule has 1 aromatic heterocycles. The predicted molar refractivity (Wildman–Crippen MR) is 113 cm³/mol. The Morgan fingerprint density at radius 3 is 2.62 bits per heavy atom. The zero-order valence-corrected chi connectivity index (χ0v) is 16.8. The van der Waals surface area contributed by atoms with E-state index in [1.165, 1.54) is 0 Å². The number of hydrogen-bond donors (Lipinski definition) is 1. The Kier molecular flexibility index (Phi) is 6.27. The fraction of sp³-hybridized carbons (Fsp3) is 0.227. The Balaban J connectivity index is 2.01. The summed E-state index contributed by atoms with van der Waals surface area (Å²) >= 11 is 0. The average Bonchev–Trinajstić information content (AvgIpc) is 2.73. The van der Waals surface area contributed by atoms with Crippen LogP contribution in [0.4, 0.5) is 5.82 Å². The van der Waals surface area contributed by atoms with Gasteiger partial charge in [0, 0.05) is 23.9 Å². The second kappa shape index (κ2) is 9.04. The maximum absolute atomic E-state index is 9.54. The first-order valence-corrected chi connectivity index (χ1v) is 8.94. The Morgan fingerprint density at radius 2 is 1.93 bits per heavy atom. The molecule has 0 aliphatic carbocycles. The third kappa shape index (κ3) is 4.28. The van der Waals surface area contributed by atoms with E-state index in [1.807, 2.05) is 43.3 Å². The normalized spacial score (nSPS) is 10.9. The molecule has 7 nitrogen and oxygen atoms in total. The standard InChI is InChI=1S/C22H22N4O3/c1-14-9-16(13-27-2)19(11-23)22(25-14)26-24-12-20-18-10-17(28-3)7-5-15(18)6-8-21(20)29-4/h5-10,12H,13H2,1-4H3,(H,25,26)/b24-12+. The molecule has 0 amide bonds. The van der Waals surface area contributed by atoms with Gasteiger partial charge in [-0.2, -0.15) is 10.4 Å². The van der Waals surface area contributed by atoms with Crippen molar-refractivity contribution in [3.8, 4) is 17.6 Å². The quantitative estimate of drug-likeness (QED) is 0.484. The van der Waals surface area contributed by atoms with Gasteiger partial charge < -0.3 is 14.2 Å². The number of pyridine rings is 1. The highest BCUT2D eigenvalue weighted by Gasteiger charge is 2.12. The van der Waals surface area contributed by atoms with E-state index in [2.05, 4.69) is 21.6 Å². The van der Waals surface area contributed by atoms with Gasteiger partial charge in [-0.05, 0) is 42.0 Å². The monoisotopic (exact) mass is 390 g/mol. The molecule has 0 aliphatic heterocycles. The molecule has 0 spiro atoms. The van der Waals surface area contributed by atoms with Gasteiger partial charge in [0.05, 0.1) is 27.0 Å². The fourth-order valence-electron chi connectivity index (χ4n) is 3.11. The van der Waals surface area contributed by atoms with E-state index in [4.69, 9.17) is 14.2 Å².